The van der Waals surface area contributed by atoms with Crippen LogP contribution >= 0.6 is 23.2 Å². The van der Waals surface area contributed by atoms with Crippen LogP contribution in [0.15, 0.2) is 23.0 Å². The van der Waals surface area contributed by atoms with E-state index in [1.807, 2.05) is 0 Å². The summed E-state index contributed by atoms with van der Waals surface area (Å²) < 4.78 is 1.57. The molecule has 156 valence electrons. The Balaban J connectivity index is 1.63. The monoisotopic (exact) mass is 435 g/mol. The van der Waals surface area contributed by atoms with Gasteiger partial charge in [0.25, 0.3) is 5.56 Å². The molecule has 1 aromatic carbocycles. The van der Waals surface area contributed by atoms with Gasteiger partial charge in [0.1, 0.15) is 5.82 Å². The van der Waals surface area contributed by atoms with Crippen molar-refractivity contribution in [3.63, 3.8) is 0 Å². The first kappa shape index (κ1) is 20.5. The van der Waals surface area contributed by atoms with Crippen LogP contribution in [0, 0.1) is 11.3 Å². The predicted molar refractivity (Wildman–Crippen MR) is 120 cm³/mol. The molecular weight excluding hydrogens is 409 g/mol. The number of anilines is 2. The molecule has 4 rings (SSSR count). The van der Waals surface area contributed by atoms with Crippen molar-refractivity contribution in [3.05, 3.63) is 38.6 Å². The minimum atomic E-state index is -0.197. The summed E-state index contributed by atoms with van der Waals surface area (Å²) in [4.78, 5) is 19.9. The molecule has 2 aliphatic rings. The lowest BCUT2D eigenvalue weighted by Crippen LogP contribution is -2.49. The summed E-state index contributed by atoms with van der Waals surface area (Å²) in [6.45, 7) is 3.90. The lowest BCUT2D eigenvalue weighted by atomic mass is 9.73. The molecule has 1 aliphatic heterocycles. The zero-order valence-electron chi connectivity index (χ0n) is 16.8. The summed E-state index contributed by atoms with van der Waals surface area (Å²) >= 11 is 12.1. The van der Waals surface area contributed by atoms with Crippen molar-refractivity contribution in [2.45, 2.75) is 38.6 Å². The first-order valence-corrected chi connectivity index (χ1v) is 10.8. The highest BCUT2D eigenvalue weighted by molar-refractivity contribution is 6.42. The molecule has 0 radical (unpaired) electrons. The molecule has 0 unspecified atom stereocenters. The molecule has 6 nitrogen and oxygen atoms in total. The molecule has 1 saturated heterocycles. The van der Waals surface area contributed by atoms with Crippen LogP contribution in [0.4, 0.5) is 11.8 Å². The van der Waals surface area contributed by atoms with Gasteiger partial charge in [-0.05, 0) is 54.7 Å². The smallest absolute Gasteiger partial charge is 0.264 e. The third-order valence-corrected chi connectivity index (χ3v) is 7.70. The highest BCUT2D eigenvalue weighted by Gasteiger charge is 2.46. The molecule has 0 bridgehead atoms. The number of hydrogen-bond donors (Lipinski definition) is 2. The van der Waals surface area contributed by atoms with E-state index in [0.29, 0.717) is 33.0 Å². The number of piperidine rings is 1. The van der Waals surface area contributed by atoms with Gasteiger partial charge in [-0.15, -0.1) is 0 Å². The predicted octanol–water partition coefficient (Wildman–Crippen LogP) is 3.68. The molecule has 2 heterocycles. The average molecular weight is 436 g/mol. The Bertz CT molecular complexity index is 997. The molecule has 2 atom stereocenters. The number of hydrogen-bond acceptors (Lipinski definition) is 5. The van der Waals surface area contributed by atoms with Gasteiger partial charge in [0.05, 0.1) is 15.6 Å². The van der Waals surface area contributed by atoms with Gasteiger partial charge in [-0.1, -0.05) is 36.2 Å². The van der Waals surface area contributed by atoms with Crippen LogP contribution in [-0.2, 0) is 7.05 Å². The SMILES string of the molecule is C[C@@H]1CCC2(CCN(c3nc(N)c(-c4ccc(Cl)c(Cl)c4)c(=O)n3C)CC2)[C@@H]1N. The maximum atomic E-state index is 13.1. The summed E-state index contributed by atoms with van der Waals surface area (Å²) in [5.41, 5.74) is 13.7. The van der Waals surface area contributed by atoms with Crippen molar-refractivity contribution in [2.24, 2.45) is 24.1 Å². The molecule has 29 heavy (non-hydrogen) atoms. The lowest BCUT2D eigenvalue weighted by molar-refractivity contribution is 0.185. The molecule has 1 aromatic heterocycles. The number of aromatic nitrogens is 2. The zero-order valence-corrected chi connectivity index (χ0v) is 18.3. The minimum Gasteiger partial charge on any atom is -0.383 e. The largest absolute Gasteiger partial charge is 0.383 e. The van der Waals surface area contributed by atoms with Crippen LogP contribution in [-0.4, -0.2) is 28.7 Å². The molecule has 4 N–H and O–H groups in total. The normalized spacial score (nSPS) is 23.7. The van der Waals surface area contributed by atoms with Crippen molar-refractivity contribution in [1.82, 2.24) is 9.55 Å². The number of nitrogen functional groups attached to an aromatic ring is 1. The summed E-state index contributed by atoms with van der Waals surface area (Å²) in [5, 5.41) is 0.801. The Morgan fingerprint density at radius 2 is 1.86 bits per heavy atom. The van der Waals surface area contributed by atoms with E-state index < -0.39 is 0 Å². The molecule has 1 saturated carbocycles. The Hall–Kier alpha value is -1.76. The van der Waals surface area contributed by atoms with E-state index in [-0.39, 0.29) is 22.8 Å². The van der Waals surface area contributed by atoms with Crippen molar-refractivity contribution in [1.29, 1.82) is 0 Å². The van der Waals surface area contributed by atoms with E-state index in [1.165, 1.54) is 12.8 Å². The molecular formula is C21H27Cl2N5O. The van der Waals surface area contributed by atoms with Crippen molar-refractivity contribution < 1.29 is 0 Å². The second kappa shape index (κ2) is 7.49. The fourth-order valence-corrected chi connectivity index (χ4v) is 5.31. The van der Waals surface area contributed by atoms with Crippen molar-refractivity contribution in [3.8, 4) is 11.1 Å². The molecule has 0 amide bonds. The van der Waals surface area contributed by atoms with Crippen molar-refractivity contribution in [2.75, 3.05) is 23.7 Å². The molecule has 8 heteroatoms. The summed E-state index contributed by atoms with van der Waals surface area (Å²) in [7, 11) is 1.74. The molecule has 2 fully saturated rings. The Labute approximate surface area is 180 Å². The van der Waals surface area contributed by atoms with E-state index in [2.05, 4.69) is 16.8 Å². The molecule has 1 aliphatic carbocycles. The first-order valence-electron chi connectivity index (χ1n) is 10.1. The minimum absolute atomic E-state index is 0.197. The number of halogens is 2. The quantitative estimate of drug-likeness (QED) is 0.750. The Morgan fingerprint density at radius 1 is 1.17 bits per heavy atom. The number of nitrogens with two attached hydrogens (primary N) is 2. The van der Waals surface area contributed by atoms with E-state index >= 15 is 0 Å². The van der Waals surface area contributed by atoms with Crippen LogP contribution in [0.1, 0.15) is 32.6 Å². The van der Waals surface area contributed by atoms with Gasteiger partial charge in [0, 0.05) is 26.2 Å². The van der Waals surface area contributed by atoms with Crippen LogP contribution in [0.2, 0.25) is 10.0 Å². The van der Waals surface area contributed by atoms with E-state index in [4.69, 9.17) is 34.7 Å². The highest BCUT2D eigenvalue weighted by Crippen LogP contribution is 2.48. The van der Waals surface area contributed by atoms with Gasteiger partial charge in [-0.3, -0.25) is 9.36 Å². The van der Waals surface area contributed by atoms with Crippen LogP contribution in [0.25, 0.3) is 11.1 Å². The van der Waals surface area contributed by atoms with E-state index in [1.54, 1.807) is 29.8 Å². The Morgan fingerprint density at radius 3 is 2.45 bits per heavy atom. The first-order chi connectivity index (χ1) is 13.7. The standard InChI is InChI=1S/C21H27Cl2N5O/c1-12-5-6-21(17(12)24)7-9-28(10-8-21)20-26-18(25)16(19(29)27(20)2)13-3-4-14(22)15(23)11-13/h3-4,11-12,17H,5-10,24-25H2,1-2H3/t12-,17-/m1/s1. The lowest BCUT2D eigenvalue weighted by Gasteiger charge is -2.43. The van der Waals surface area contributed by atoms with Gasteiger partial charge >= 0.3 is 0 Å². The van der Waals surface area contributed by atoms with Crippen LogP contribution < -0.4 is 21.9 Å². The number of nitrogens with zero attached hydrogens (tertiary/aromatic N) is 3. The van der Waals surface area contributed by atoms with E-state index in [9.17, 15) is 4.79 Å². The summed E-state index contributed by atoms with van der Waals surface area (Å²) in [5.74, 6) is 1.38. The number of rotatable bonds is 2. The highest BCUT2D eigenvalue weighted by atomic mass is 35.5. The van der Waals surface area contributed by atoms with Gasteiger partial charge in [-0.25, -0.2) is 0 Å². The van der Waals surface area contributed by atoms with Crippen LogP contribution in [0.3, 0.4) is 0 Å². The van der Waals surface area contributed by atoms with E-state index in [0.717, 1.165) is 25.9 Å². The maximum absolute atomic E-state index is 13.1. The van der Waals surface area contributed by atoms with Gasteiger partial charge < -0.3 is 16.4 Å². The van der Waals surface area contributed by atoms with Crippen molar-refractivity contribution >= 4 is 35.0 Å². The topological polar surface area (TPSA) is 90.2 Å². The average Bonchev–Trinajstić information content (AvgIpc) is 2.97. The third kappa shape index (κ3) is 3.41. The molecule has 1 spiro atoms. The van der Waals surface area contributed by atoms with Gasteiger partial charge in [-0.2, -0.15) is 4.98 Å². The van der Waals surface area contributed by atoms with Gasteiger partial charge in [0.15, 0.2) is 0 Å². The fourth-order valence-electron chi connectivity index (χ4n) is 5.01. The fraction of sp³-hybridized carbons (Fsp3) is 0.524. The molecule has 2 aromatic rings. The van der Waals surface area contributed by atoms with Crippen LogP contribution in [0.5, 0.6) is 0 Å². The Kier molecular flexibility index (Phi) is 5.30. The zero-order chi connectivity index (χ0) is 20.9. The maximum Gasteiger partial charge on any atom is 0.264 e. The summed E-state index contributed by atoms with van der Waals surface area (Å²) in [6, 6.07) is 5.28. The third-order valence-electron chi connectivity index (χ3n) is 6.96. The second-order valence-electron chi connectivity index (χ2n) is 8.56. The second-order valence-corrected chi connectivity index (χ2v) is 9.37. The van der Waals surface area contributed by atoms with Gasteiger partial charge in [0.2, 0.25) is 5.95 Å². The summed E-state index contributed by atoms with van der Waals surface area (Å²) in [6.07, 6.45) is 4.42. The number of benzene rings is 1.